The Bertz CT molecular complexity index is 1140. The molecule has 1 aliphatic rings. The maximum absolute atomic E-state index is 15.3. The van der Waals surface area contributed by atoms with Gasteiger partial charge in [-0.05, 0) is 78.7 Å². The summed E-state index contributed by atoms with van der Waals surface area (Å²) >= 11 is 0. The molecule has 0 spiro atoms. The van der Waals surface area contributed by atoms with Crippen LogP contribution in [0.1, 0.15) is 113 Å². The molecule has 0 atom stereocenters. The van der Waals surface area contributed by atoms with Gasteiger partial charge in [0.2, 0.25) is 0 Å². The topological polar surface area (TPSA) is 0 Å². The van der Waals surface area contributed by atoms with Gasteiger partial charge in [0.1, 0.15) is 5.82 Å². The molecule has 0 radical (unpaired) electrons. The minimum atomic E-state index is -0.198. The number of hydrogen-bond donors (Lipinski definition) is 0. The molecule has 0 heterocycles. The highest BCUT2D eigenvalue weighted by molar-refractivity contribution is 5.85. The van der Waals surface area contributed by atoms with Crippen LogP contribution in [0.3, 0.4) is 0 Å². The van der Waals surface area contributed by atoms with Crippen molar-refractivity contribution in [2.24, 2.45) is 5.92 Å². The van der Waals surface area contributed by atoms with Crippen molar-refractivity contribution < 1.29 is 4.39 Å². The Morgan fingerprint density at radius 3 is 2.29 bits per heavy atom. The van der Waals surface area contributed by atoms with Gasteiger partial charge in [0.05, 0.1) is 5.56 Å². The average Bonchev–Trinajstić information content (AvgIpc) is 2.89. The van der Waals surface area contributed by atoms with Gasteiger partial charge in [-0.2, -0.15) is 0 Å². The minimum Gasteiger partial charge on any atom is -0.205 e. The van der Waals surface area contributed by atoms with Crippen molar-refractivity contribution >= 4 is 10.8 Å². The van der Waals surface area contributed by atoms with Crippen LogP contribution >= 0.6 is 0 Å². The van der Waals surface area contributed by atoms with Gasteiger partial charge in [-0.25, -0.2) is 4.39 Å². The van der Waals surface area contributed by atoms with Crippen molar-refractivity contribution in [1.29, 1.82) is 0 Å². The molecular weight excluding hydrogens is 427 g/mol. The first-order valence-electron chi connectivity index (χ1n) is 14.0. The molecule has 3 aromatic rings. The molecule has 0 nitrogen and oxygen atoms in total. The van der Waals surface area contributed by atoms with Gasteiger partial charge in [-0.1, -0.05) is 107 Å². The first-order chi connectivity index (χ1) is 17.2. The van der Waals surface area contributed by atoms with E-state index in [1.165, 1.54) is 75.3 Å². The van der Waals surface area contributed by atoms with E-state index in [0.717, 1.165) is 29.7 Å². The van der Waals surface area contributed by atoms with Gasteiger partial charge in [0.15, 0.2) is 0 Å². The Morgan fingerprint density at radius 2 is 1.54 bits per heavy atom. The molecule has 4 rings (SSSR count). The van der Waals surface area contributed by atoms with Crippen LogP contribution < -0.4 is 0 Å². The second kappa shape index (κ2) is 12.9. The van der Waals surface area contributed by atoms with Crippen LogP contribution in [0.4, 0.5) is 4.39 Å². The lowest BCUT2D eigenvalue weighted by molar-refractivity contribution is 0.302. The highest BCUT2D eigenvalue weighted by atomic mass is 19.1. The number of hydrogen-bond acceptors (Lipinski definition) is 0. The van der Waals surface area contributed by atoms with Crippen molar-refractivity contribution in [1.82, 2.24) is 0 Å². The highest BCUT2D eigenvalue weighted by Crippen LogP contribution is 2.39. The molecule has 1 heteroatoms. The number of unbranched alkanes of at least 4 members (excludes halogenated alkanes) is 4. The summed E-state index contributed by atoms with van der Waals surface area (Å²) in [6, 6.07) is 18.5. The Labute approximate surface area is 212 Å². The van der Waals surface area contributed by atoms with Crippen LogP contribution in [0.15, 0.2) is 54.6 Å². The van der Waals surface area contributed by atoms with Crippen LogP contribution in [0.5, 0.6) is 0 Å². The number of halogens is 1. The van der Waals surface area contributed by atoms with E-state index < -0.39 is 0 Å². The van der Waals surface area contributed by atoms with E-state index in [-0.39, 0.29) is 5.82 Å². The first kappa shape index (κ1) is 25.5. The molecule has 1 aliphatic carbocycles. The molecule has 0 amide bonds. The van der Waals surface area contributed by atoms with Gasteiger partial charge in [-0.15, -0.1) is 0 Å². The van der Waals surface area contributed by atoms with E-state index in [1.807, 2.05) is 30.3 Å². The summed E-state index contributed by atoms with van der Waals surface area (Å²) in [7, 11) is 0. The third kappa shape index (κ3) is 6.98. The Balaban J connectivity index is 1.38. The zero-order valence-corrected chi connectivity index (χ0v) is 21.7. The van der Waals surface area contributed by atoms with Gasteiger partial charge in [0.25, 0.3) is 0 Å². The van der Waals surface area contributed by atoms with Crippen LogP contribution in [0, 0.1) is 23.6 Å². The van der Waals surface area contributed by atoms with E-state index in [0.29, 0.717) is 16.9 Å². The largest absolute Gasteiger partial charge is 0.205 e. The summed E-state index contributed by atoms with van der Waals surface area (Å²) in [5, 5.41) is 1.67. The zero-order chi connectivity index (χ0) is 24.5. The summed E-state index contributed by atoms with van der Waals surface area (Å²) in [6.45, 7) is 4.46. The van der Waals surface area contributed by atoms with E-state index in [9.17, 15) is 0 Å². The molecule has 1 saturated carbocycles. The number of aryl methyl sites for hydroxylation is 1. The first-order valence-corrected chi connectivity index (χ1v) is 14.0. The summed E-state index contributed by atoms with van der Waals surface area (Å²) in [6.07, 6.45) is 15.8. The molecule has 0 N–H and O–H groups in total. The van der Waals surface area contributed by atoms with Crippen molar-refractivity contribution in [3.8, 4) is 11.8 Å². The molecular formula is C34H41F. The van der Waals surface area contributed by atoms with Crippen molar-refractivity contribution in [2.75, 3.05) is 0 Å². The lowest BCUT2D eigenvalue weighted by Crippen LogP contribution is -2.13. The van der Waals surface area contributed by atoms with Crippen molar-refractivity contribution in [3.63, 3.8) is 0 Å². The Morgan fingerprint density at radius 1 is 0.771 bits per heavy atom. The molecule has 0 bridgehead atoms. The zero-order valence-electron chi connectivity index (χ0n) is 21.7. The smallest absolute Gasteiger partial charge is 0.146 e. The summed E-state index contributed by atoms with van der Waals surface area (Å²) in [4.78, 5) is 0. The second-order valence-corrected chi connectivity index (χ2v) is 10.5. The van der Waals surface area contributed by atoms with Gasteiger partial charge in [-0.3, -0.25) is 0 Å². The Hall–Kier alpha value is -2.59. The Kier molecular flexibility index (Phi) is 9.42. The maximum atomic E-state index is 15.3. The maximum Gasteiger partial charge on any atom is 0.146 e. The third-order valence-electron chi connectivity index (χ3n) is 7.85. The molecule has 184 valence electrons. The standard InChI is InChI=1S/C34H41F/c1-3-5-6-7-8-10-27-15-18-29(19-16-27)31-23-24-33-32(25-31)22-21-30(34(33)35)20-17-28-13-11-26(9-4-2)12-14-28/h11-14,21-25,27,29H,3-10,15-16,18-19H2,1-2H3. The van der Waals surface area contributed by atoms with Gasteiger partial charge < -0.3 is 0 Å². The van der Waals surface area contributed by atoms with Crippen LogP contribution in [0.2, 0.25) is 0 Å². The lowest BCUT2D eigenvalue weighted by Gasteiger charge is -2.29. The van der Waals surface area contributed by atoms with E-state index in [4.69, 9.17) is 0 Å². The summed E-state index contributed by atoms with van der Waals surface area (Å²) < 4.78 is 15.3. The summed E-state index contributed by atoms with van der Waals surface area (Å²) in [5.41, 5.74) is 4.10. The van der Waals surface area contributed by atoms with Crippen LogP contribution in [-0.4, -0.2) is 0 Å². The molecule has 0 unspecified atom stereocenters. The predicted molar refractivity (Wildman–Crippen MR) is 148 cm³/mol. The number of rotatable bonds is 9. The second-order valence-electron chi connectivity index (χ2n) is 10.5. The van der Waals surface area contributed by atoms with Crippen LogP contribution in [-0.2, 0) is 6.42 Å². The van der Waals surface area contributed by atoms with Gasteiger partial charge >= 0.3 is 0 Å². The van der Waals surface area contributed by atoms with E-state index in [2.05, 4.69) is 50.0 Å². The van der Waals surface area contributed by atoms with Gasteiger partial charge in [0, 0.05) is 10.9 Å². The van der Waals surface area contributed by atoms with Crippen molar-refractivity contribution in [3.05, 3.63) is 82.7 Å². The quantitative estimate of drug-likeness (QED) is 0.216. The van der Waals surface area contributed by atoms with Crippen LogP contribution in [0.25, 0.3) is 10.8 Å². The molecule has 3 aromatic carbocycles. The third-order valence-corrected chi connectivity index (χ3v) is 7.85. The number of benzene rings is 3. The molecule has 0 saturated heterocycles. The minimum absolute atomic E-state index is 0.198. The molecule has 1 fully saturated rings. The van der Waals surface area contributed by atoms with Crippen molar-refractivity contribution in [2.45, 2.75) is 96.8 Å². The fraction of sp³-hybridized carbons (Fsp3) is 0.471. The molecule has 35 heavy (non-hydrogen) atoms. The lowest BCUT2D eigenvalue weighted by atomic mass is 9.76. The molecule has 0 aromatic heterocycles. The predicted octanol–water partition coefficient (Wildman–Crippen LogP) is 9.97. The molecule has 0 aliphatic heterocycles. The highest BCUT2D eigenvalue weighted by Gasteiger charge is 2.22. The van der Waals surface area contributed by atoms with E-state index >= 15 is 4.39 Å². The van der Waals surface area contributed by atoms with E-state index in [1.54, 1.807) is 0 Å². The summed E-state index contributed by atoms with van der Waals surface area (Å²) in [5.74, 6) is 7.53. The SMILES string of the molecule is CCCCCCCC1CCC(c2ccc3c(F)c(C#Cc4ccc(CCC)cc4)ccc3c2)CC1. The monoisotopic (exact) mass is 468 g/mol. The average molecular weight is 469 g/mol. The fourth-order valence-electron chi connectivity index (χ4n) is 5.66. The normalized spacial score (nSPS) is 17.8. The fourth-order valence-corrected chi connectivity index (χ4v) is 5.66. The number of fused-ring (bicyclic) bond motifs is 1.